The van der Waals surface area contributed by atoms with E-state index >= 15 is 0 Å². The number of carbonyl (C=O) groups excluding carboxylic acids is 1. The van der Waals surface area contributed by atoms with Crippen LogP contribution in [0.3, 0.4) is 0 Å². The van der Waals surface area contributed by atoms with Crippen LogP contribution < -0.4 is 0 Å². The molecular formula is C15H21NO3. The quantitative estimate of drug-likeness (QED) is 0.813. The Morgan fingerprint density at radius 1 is 1.42 bits per heavy atom. The molecule has 4 heteroatoms. The van der Waals surface area contributed by atoms with Crippen LogP contribution in [0, 0.1) is 0 Å². The maximum atomic E-state index is 12.1. The molecule has 0 N–H and O–H groups in total. The summed E-state index contributed by atoms with van der Waals surface area (Å²) in [6.45, 7) is 4.64. The first-order chi connectivity index (χ1) is 9.31. The minimum absolute atomic E-state index is 0.0612. The van der Waals surface area contributed by atoms with Gasteiger partial charge in [0.25, 0.3) is 0 Å². The van der Waals surface area contributed by atoms with Crippen molar-refractivity contribution in [3.63, 3.8) is 0 Å². The highest BCUT2D eigenvalue weighted by Gasteiger charge is 2.25. The fourth-order valence-electron chi connectivity index (χ4n) is 2.23. The van der Waals surface area contributed by atoms with Crippen molar-refractivity contribution in [2.45, 2.75) is 26.0 Å². The van der Waals surface area contributed by atoms with Gasteiger partial charge < -0.3 is 14.4 Å². The zero-order chi connectivity index (χ0) is 13.5. The van der Waals surface area contributed by atoms with Crippen molar-refractivity contribution in [3.05, 3.63) is 35.9 Å². The Hall–Kier alpha value is -1.39. The normalized spacial score (nSPS) is 19.4. The highest BCUT2D eigenvalue weighted by Crippen LogP contribution is 2.11. The Morgan fingerprint density at radius 2 is 2.21 bits per heavy atom. The number of ether oxygens (including phenoxy) is 2. The molecule has 1 fully saturated rings. The number of hydrogen-bond donors (Lipinski definition) is 0. The van der Waals surface area contributed by atoms with Gasteiger partial charge >= 0.3 is 0 Å². The third kappa shape index (κ3) is 4.04. The van der Waals surface area contributed by atoms with E-state index in [0.717, 1.165) is 12.0 Å². The van der Waals surface area contributed by atoms with Crippen LogP contribution in [0.5, 0.6) is 0 Å². The predicted molar refractivity (Wildman–Crippen MR) is 72.7 cm³/mol. The molecular weight excluding hydrogens is 242 g/mol. The summed E-state index contributed by atoms with van der Waals surface area (Å²) in [6, 6.07) is 10.1. The Bertz CT molecular complexity index is 394. The number of nitrogens with zero attached hydrogens (tertiary/aromatic N) is 1. The Kier molecular flexibility index (Phi) is 5.36. The van der Waals surface area contributed by atoms with Crippen LogP contribution in [0.15, 0.2) is 30.3 Å². The Balaban J connectivity index is 1.77. The first kappa shape index (κ1) is 14.0. The lowest BCUT2D eigenvalue weighted by Gasteiger charge is -2.35. The number of amides is 1. The molecule has 0 saturated carbocycles. The highest BCUT2D eigenvalue weighted by atomic mass is 16.5. The summed E-state index contributed by atoms with van der Waals surface area (Å²) in [5.41, 5.74) is 1.09. The number of carbonyl (C=O) groups is 1. The van der Waals surface area contributed by atoms with Crippen LogP contribution in [0.2, 0.25) is 0 Å². The average Bonchev–Trinajstić information content (AvgIpc) is 2.48. The van der Waals surface area contributed by atoms with Crippen LogP contribution in [-0.2, 0) is 20.9 Å². The van der Waals surface area contributed by atoms with Gasteiger partial charge in [0.2, 0.25) is 5.91 Å². The second-order valence-corrected chi connectivity index (χ2v) is 4.70. The number of hydrogen-bond acceptors (Lipinski definition) is 3. The van der Waals surface area contributed by atoms with E-state index in [1.807, 2.05) is 35.2 Å². The van der Waals surface area contributed by atoms with Crippen molar-refractivity contribution in [2.75, 3.05) is 26.4 Å². The largest absolute Gasteiger partial charge is 0.377 e. The van der Waals surface area contributed by atoms with Crippen molar-refractivity contribution in [1.82, 2.24) is 4.90 Å². The molecule has 1 aliphatic rings. The molecule has 0 aromatic heterocycles. The summed E-state index contributed by atoms with van der Waals surface area (Å²) >= 11 is 0. The van der Waals surface area contributed by atoms with E-state index in [2.05, 4.69) is 6.92 Å². The van der Waals surface area contributed by atoms with Crippen LogP contribution in [0.4, 0.5) is 0 Å². The molecule has 0 bridgehead atoms. The van der Waals surface area contributed by atoms with E-state index in [1.165, 1.54) is 0 Å². The fraction of sp³-hybridized carbons (Fsp3) is 0.533. The number of morpholine rings is 1. The van der Waals surface area contributed by atoms with E-state index in [0.29, 0.717) is 26.4 Å². The summed E-state index contributed by atoms with van der Waals surface area (Å²) in [5.74, 6) is 0.0612. The Morgan fingerprint density at radius 3 is 2.95 bits per heavy atom. The van der Waals surface area contributed by atoms with Crippen molar-refractivity contribution in [3.8, 4) is 0 Å². The van der Waals surface area contributed by atoms with Gasteiger partial charge in [-0.3, -0.25) is 4.79 Å². The topological polar surface area (TPSA) is 38.8 Å². The van der Waals surface area contributed by atoms with Crippen molar-refractivity contribution < 1.29 is 14.3 Å². The molecule has 0 spiro atoms. The van der Waals surface area contributed by atoms with E-state index < -0.39 is 0 Å². The van der Waals surface area contributed by atoms with Crippen molar-refractivity contribution in [1.29, 1.82) is 0 Å². The molecule has 0 aliphatic carbocycles. The molecule has 0 unspecified atom stereocenters. The molecule has 1 heterocycles. The highest BCUT2D eigenvalue weighted by molar-refractivity contribution is 5.77. The van der Waals surface area contributed by atoms with Gasteiger partial charge in [0.15, 0.2) is 0 Å². The Labute approximate surface area is 114 Å². The summed E-state index contributed by atoms with van der Waals surface area (Å²) in [6.07, 6.45) is 0.921. The van der Waals surface area contributed by atoms with E-state index in [-0.39, 0.29) is 18.6 Å². The van der Waals surface area contributed by atoms with Gasteiger partial charge in [-0.05, 0) is 12.0 Å². The molecule has 104 valence electrons. The van der Waals surface area contributed by atoms with E-state index in [1.54, 1.807) is 0 Å². The lowest BCUT2D eigenvalue weighted by Crippen LogP contribution is -2.49. The third-order valence-electron chi connectivity index (χ3n) is 3.36. The van der Waals surface area contributed by atoms with Crippen molar-refractivity contribution in [2.24, 2.45) is 0 Å². The lowest BCUT2D eigenvalue weighted by molar-refractivity contribution is -0.145. The molecule has 2 rings (SSSR count). The van der Waals surface area contributed by atoms with Gasteiger partial charge in [0.05, 0.1) is 25.9 Å². The molecule has 0 radical (unpaired) electrons. The fourth-order valence-corrected chi connectivity index (χ4v) is 2.23. The molecule has 4 nitrogen and oxygen atoms in total. The zero-order valence-corrected chi connectivity index (χ0v) is 11.4. The first-order valence-electron chi connectivity index (χ1n) is 6.80. The smallest absolute Gasteiger partial charge is 0.248 e. The summed E-state index contributed by atoms with van der Waals surface area (Å²) in [5, 5.41) is 0. The van der Waals surface area contributed by atoms with Crippen LogP contribution in [0.1, 0.15) is 18.9 Å². The maximum absolute atomic E-state index is 12.1. The number of benzene rings is 1. The van der Waals surface area contributed by atoms with E-state index in [4.69, 9.17) is 9.47 Å². The monoisotopic (exact) mass is 263 g/mol. The molecule has 1 saturated heterocycles. The van der Waals surface area contributed by atoms with Gasteiger partial charge in [-0.1, -0.05) is 37.3 Å². The zero-order valence-electron chi connectivity index (χ0n) is 11.4. The van der Waals surface area contributed by atoms with Crippen LogP contribution >= 0.6 is 0 Å². The predicted octanol–water partition coefficient (Wildman–Crippen LogP) is 1.84. The molecule has 19 heavy (non-hydrogen) atoms. The summed E-state index contributed by atoms with van der Waals surface area (Å²) < 4.78 is 10.9. The van der Waals surface area contributed by atoms with Crippen LogP contribution in [-0.4, -0.2) is 43.2 Å². The number of rotatable bonds is 5. The van der Waals surface area contributed by atoms with E-state index in [9.17, 15) is 4.79 Å². The molecule has 1 aromatic rings. The van der Waals surface area contributed by atoms with Gasteiger partial charge in [0.1, 0.15) is 6.61 Å². The van der Waals surface area contributed by atoms with Gasteiger partial charge in [0, 0.05) is 6.54 Å². The summed E-state index contributed by atoms with van der Waals surface area (Å²) in [7, 11) is 0. The molecule has 1 aliphatic heterocycles. The van der Waals surface area contributed by atoms with Gasteiger partial charge in [-0.15, -0.1) is 0 Å². The maximum Gasteiger partial charge on any atom is 0.248 e. The van der Waals surface area contributed by atoms with Gasteiger partial charge in [-0.2, -0.15) is 0 Å². The lowest BCUT2D eigenvalue weighted by atomic mass is 10.2. The molecule has 1 atom stereocenters. The molecule has 1 amide bonds. The SMILES string of the molecule is CC[C@H]1COCCN1C(=O)COCc1ccccc1. The third-order valence-corrected chi connectivity index (χ3v) is 3.36. The van der Waals surface area contributed by atoms with Crippen LogP contribution in [0.25, 0.3) is 0 Å². The second kappa shape index (κ2) is 7.26. The van der Waals surface area contributed by atoms with Gasteiger partial charge in [-0.25, -0.2) is 0 Å². The standard InChI is InChI=1S/C15H21NO3/c1-2-14-11-18-9-8-16(14)15(17)12-19-10-13-6-4-3-5-7-13/h3-7,14H,2,8-12H2,1H3/t14-/m0/s1. The second-order valence-electron chi connectivity index (χ2n) is 4.70. The minimum atomic E-state index is 0.0612. The molecule has 1 aromatic carbocycles. The first-order valence-corrected chi connectivity index (χ1v) is 6.80. The van der Waals surface area contributed by atoms with Crippen molar-refractivity contribution >= 4 is 5.91 Å². The summed E-state index contributed by atoms with van der Waals surface area (Å²) in [4.78, 5) is 14.0. The minimum Gasteiger partial charge on any atom is -0.377 e. The average molecular weight is 263 g/mol.